The average molecular weight is 296 g/mol. The highest BCUT2D eigenvalue weighted by molar-refractivity contribution is 5.00. The highest BCUT2D eigenvalue weighted by Crippen LogP contribution is 2.41. The first-order valence-corrected chi connectivity index (χ1v) is 9.09. The standard InChI is InChI=1S/C18H36N2O/c1-5-17-12-21-15(4)11-20(17)18(13-19)8-6-7-16(10-18)9-14(2)3/h14-17H,5-13,19H2,1-4H3. The first kappa shape index (κ1) is 17.2. The quantitative estimate of drug-likeness (QED) is 0.845. The second kappa shape index (κ2) is 7.43. The molecule has 0 spiro atoms. The van der Waals surface area contributed by atoms with Gasteiger partial charge in [0, 0.05) is 24.7 Å². The SMILES string of the molecule is CCC1COC(C)CN1C1(CN)CCCC(CC(C)C)C1. The van der Waals surface area contributed by atoms with E-state index in [0.717, 1.165) is 31.5 Å². The zero-order valence-corrected chi connectivity index (χ0v) is 14.6. The average Bonchev–Trinajstić information content (AvgIpc) is 2.46. The van der Waals surface area contributed by atoms with Crippen molar-refractivity contribution in [3.05, 3.63) is 0 Å². The van der Waals surface area contributed by atoms with Gasteiger partial charge in [-0.2, -0.15) is 0 Å². The molecule has 0 aromatic rings. The van der Waals surface area contributed by atoms with E-state index in [-0.39, 0.29) is 5.54 Å². The summed E-state index contributed by atoms with van der Waals surface area (Å²) >= 11 is 0. The topological polar surface area (TPSA) is 38.5 Å². The number of hydrogen-bond acceptors (Lipinski definition) is 3. The van der Waals surface area contributed by atoms with Gasteiger partial charge in [0.2, 0.25) is 0 Å². The smallest absolute Gasteiger partial charge is 0.0675 e. The molecule has 2 N–H and O–H groups in total. The Kier molecular flexibility index (Phi) is 6.10. The number of nitrogens with zero attached hydrogens (tertiary/aromatic N) is 1. The summed E-state index contributed by atoms with van der Waals surface area (Å²) in [6, 6.07) is 0.558. The van der Waals surface area contributed by atoms with Crippen LogP contribution in [-0.4, -0.2) is 42.3 Å². The molecule has 0 amide bonds. The van der Waals surface area contributed by atoms with Gasteiger partial charge >= 0.3 is 0 Å². The first-order valence-electron chi connectivity index (χ1n) is 9.09. The Hall–Kier alpha value is -0.120. The Bertz CT molecular complexity index is 320. The van der Waals surface area contributed by atoms with Crippen molar-refractivity contribution in [1.82, 2.24) is 4.90 Å². The Labute approximate surface area is 131 Å². The van der Waals surface area contributed by atoms with Crippen LogP contribution in [0.25, 0.3) is 0 Å². The third-order valence-electron chi connectivity index (χ3n) is 5.66. The van der Waals surface area contributed by atoms with Gasteiger partial charge in [-0.15, -0.1) is 0 Å². The molecule has 0 bridgehead atoms. The summed E-state index contributed by atoms with van der Waals surface area (Å²) in [4.78, 5) is 2.74. The highest BCUT2D eigenvalue weighted by Gasteiger charge is 2.44. The number of morpholine rings is 1. The van der Waals surface area contributed by atoms with E-state index < -0.39 is 0 Å². The van der Waals surface area contributed by atoms with Crippen molar-refractivity contribution in [1.29, 1.82) is 0 Å². The molecule has 2 fully saturated rings. The lowest BCUT2D eigenvalue weighted by molar-refractivity contribution is -0.113. The van der Waals surface area contributed by atoms with Crippen LogP contribution in [0, 0.1) is 11.8 Å². The number of hydrogen-bond donors (Lipinski definition) is 1. The van der Waals surface area contributed by atoms with E-state index in [0.29, 0.717) is 12.1 Å². The van der Waals surface area contributed by atoms with E-state index in [9.17, 15) is 0 Å². The fourth-order valence-electron chi connectivity index (χ4n) is 4.66. The molecule has 124 valence electrons. The van der Waals surface area contributed by atoms with E-state index in [1.165, 1.54) is 38.5 Å². The summed E-state index contributed by atoms with van der Waals surface area (Å²) in [5.41, 5.74) is 6.57. The van der Waals surface area contributed by atoms with E-state index in [2.05, 4.69) is 32.6 Å². The first-order chi connectivity index (χ1) is 10.0. The monoisotopic (exact) mass is 296 g/mol. The summed E-state index contributed by atoms with van der Waals surface area (Å²) in [6.07, 6.45) is 8.20. The van der Waals surface area contributed by atoms with Gasteiger partial charge in [0.15, 0.2) is 0 Å². The van der Waals surface area contributed by atoms with Gasteiger partial charge < -0.3 is 10.5 Å². The zero-order chi connectivity index (χ0) is 15.5. The minimum atomic E-state index is 0.233. The molecule has 21 heavy (non-hydrogen) atoms. The number of ether oxygens (including phenoxy) is 1. The molecule has 1 aliphatic carbocycles. The summed E-state index contributed by atoms with van der Waals surface area (Å²) < 4.78 is 5.90. The molecular weight excluding hydrogens is 260 g/mol. The summed E-state index contributed by atoms with van der Waals surface area (Å²) in [7, 11) is 0. The second-order valence-electron chi connectivity index (χ2n) is 7.88. The Morgan fingerprint density at radius 2 is 2.14 bits per heavy atom. The number of rotatable bonds is 5. The van der Waals surface area contributed by atoms with E-state index in [1.807, 2.05) is 0 Å². The molecule has 0 radical (unpaired) electrons. The Balaban J connectivity index is 2.14. The predicted molar refractivity (Wildman–Crippen MR) is 89.4 cm³/mol. The summed E-state index contributed by atoms with van der Waals surface area (Å²) in [6.45, 7) is 11.9. The maximum absolute atomic E-state index is 6.34. The minimum absolute atomic E-state index is 0.233. The van der Waals surface area contributed by atoms with Crippen molar-refractivity contribution in [3.8, 4) is 0 Å². The lowest BCUT2D eigenvalue weighted by Crippen LogP contribution is -2.64. The van der Waals surface area contributed by atoms with Crippen molar-refractivity contribution < 1.29 is 4.74 Å². The van der Waals surface area contributed by atoms with Gasteiger partial charge in [-0.3, -0.25) is 4.90 Å². The van der Waals surface area contributed by atoms with E-state index in [4.69, 9.17) is 10.5 Å². The third-order valence-corrected chi connectivity index (χ3v) is 5.66. The largest absolute Gasteiger partial charge is 0.376 e. The minimum Gasteiger partial charge on any atom is -0.376 e. The molecule has 4 unspecified atom stereocenters. The van der Waals surface area contributed by atoms with Gasteiger partial charge in [-0.1, -0.05) is 33.6 Å². The van der Waals surface area contributed by atoms with Gasteiger partial charge in [0.05, 0.1) is 12.7 Å². The molecule has 2 aliphatic rings. The van der Waals surface area contributed by atoms with Crippen molar-refractivity contribution in [2.45, 2.75) is 83.9 Å². The Morgan fingerprint density at radius 3 is 2.76 bits per heavy atom. The molecule has 3 heteroatoms. The van der Waals surface area contributed by atoms with Crippen LogP contribution in [0.2, 0.25) is 0 Å². The van der Waals surface area contributed by atoms with E-state index in [1.54, 1.807) is 0 Å². The maximum Gasteiger partial charge on any atom is 0.0675 e. The molecule has 4 atom stereocenters. The van der Waals surface area contributed by atoms with Crippen LogP contribution in [0.3, 0.4) is 0 Å². The maximum atomic E-state index is 6.34. The molecule has 1 aliphatic heterocycles. The molecule has 1 saturated carbocycles. The van der Waals surface area contributed by atoms with Crippen LogP contribution in [0.1, 0.15) is 66.2 Å². The van der Waals surface area contributed by atoms with Crippen molar-refractivity contribution in [3.63, 3.8) is 0 Å². The van der Waals surface area contributed by atoms with Gasteiger partial charge in [0.1, 0.15) is 0 Å². The highest BCUT2D eigenvalue weighted by atomic mass is 16.5. The van der Waals surface area contributed by atoms with Gasteiger partial charge in [-0.05, 0) is 44.4 Å². The van der Waals surface area contributed by atoms with Gasteiger partial charge in [-0.25, -0.2) is 0 Å². The Morgan fingerprint density at radius 1 is 1.38 bits per heavy atom. The lowest BCUT2D eigenvalue weighted by Gasteiger charge is -2.54. The van der Waals surface area contributed by atoms with Crippen LogP contribution in [0.15, 0.2) is 0 Å². The molecule has 2 rings (SSSR count). The van der Waals surface area contributed by atoms with Crippen LogP contribution in [0.4, 0.5) is 0 Å². The van der Waals surface area contributed by atoms with Crippen LogP contribution in [-0.2, 0) is 4.74 Å². The lowest BCUT2D eigenvalue weighted by atomic mass is 9.71. The molecule has 1 saturated heterocycles. The second-order valence-corrected chi connectivity index (χ2v) is 7.88. The fourth-order valence-corrected chi connectivity index (χ4v) is 4.66. The third kappa shape index (κ3) is 4.00. The molecular formula is C18H36N2O. The van der Waals surface area contributed by atoms with Crippen LogP contribution >= 0.6 is 0 Å². The van der Waals surface area contributed by atoms with Crippen LogP contribution < -0.4 is 5.73 Å². The van der Waals surface area contributed by atoms with Crippen LogP contribution in [0.5, 0.6) is 0 Å². The summed E-state index contributed by atoms with van der Waals surface area (Å²) in [5, 5.41) is 0. The van der Waals surface area contributed by atoms with Crippen molar-refractivity contribution in [2.75, 3.05) is 19.7 Å². The molecule has 0 aromatic heterocycles. The van der Waals surface area contributed by atoms with E-state index >= 15 is 0 Å². The van der Waals surface area contributed by atoms with Crippen molar-refractivity contribution in [2.24, 2.45) is 17.6 Å². The molecule has 1 heterocycles. The number of nitrogens with two attached hydrogens (primary N) is 1. The fraction of sp³-hybridized carbons (Fsp3) is 1.00. The van der Waals surface area contributed by atoms with Gasteiger partial charge in [0.25, 0.3) is 0 Å². The summed E-state index contributed by atoms with van der Waals surface area (Å²) in [5.74, 6) is 1.66. The predicted octanol–water partition coefficient (Wildman–Crippen LogP) is 3.42. The molecule has 3 nitrogen and oxygen atoms in total. The normalized spacial score (nSPS) is 38.9. The molecule has 0 aromatic carbocycles. The zero-order valence-electron chi connectivity index (χ0n) is 14.6. The van der Waals surface area contributed by atoms with Crippen molar-refractivity contribution >= 4 is 0 Å².